The smallest absolute Gasteiger partial charge is 0.00244 e. The van der Waals surface area contributed by atoms with Crippen LogP contribution < -0.4 is 5.32 Å². The summed E-state index contributed by atoms with van der Waals surface area (Å²) < 4.78 is 0. The first kappa shape index (κ1) is 15.4. The highest BCUT2D eigenvalue weighted by Gasteiger charge is 1.89. The van der Waals surface area contributed by atoms with Crippen LogP contribution in [0.1, 0.15) is 40.0 Å². The van der Waals surface area contributed by atoms with Gasteiger partial charge >= 0.3 is 0 Å². The molecule has 0 aromatic carbocycles. The number of rotatable bonds is 7. The summed E-state index contributed by atoms with van der Waals surface area (Å²) in [5.74, 6) is 0. The molecular formula is C11H28N2. The minimum Gasteiger partial charge on any atom is -0.317 e. The lowest BCUT2D eigenvalue weighted by molar-refractivity contribution is 0.392. The van der Waals surface area contributed by atoms with Crippen molar-refractivity contribution in [1.29, 1.82) is 0 Å². The molecule has 82 valence electrons. The highest BCUT2D eigenvalue weighted by Crippen LogP contribution is 1.88. The molecule has 0 atom stereocenters. The molecule has 0 bridgehead atoms. The van der Waals surface area contributed by atoms with Gasteiger partial charge in [0.15, 0.2) is 0 Å². The van der Waals surface area contributed by atoms with Crippen molar-refractivity contribution in [3.8, 4) is 0 Å². The Balaban J connectivity index is 0. The maximum absolute atomic E-state index is 3.39. The molecule has 0 fully saturated rings. The number of nitrogens with zero attached hydrogens (tertiary/aromatic N) is 1. The van der Waals surface area contributed by atoms with E-state index in [9.17, 15) is 0 Å². The minimum absolute atomic E-state index is 1.17. The third-order valence-corrected chi connectivity index (χ3v) is 1.64. The molecule has 0 aromatic rings. The van der Waals surface area contributed by atoms with Gasteiger partial charge in [-0.3, -0.25) is 0 Å². The van der Waals surface area contributed by atoms with Crippen LogP contribution >= 0.6 is 0 Å². The number of hydrogen-bond donors (Lipinski definition) is 1. The molecule has 0 aliphatic carbocycles. The van der Waals surface area contributed by atoms with Gasteiger partial charge in [-0.2, -0.15) is 0 Å². The molecule has 0 saturated heterocycles. The molecule has 0 rings (SSSR count). The molecule has 0 spiro atoms. The lowest BCUT2D eigenvalue weighted by Crippen LogP contribution is -2.18. The molecule has 13 heavy (non-hydrogen) atoms. The van der Waals surface area contributed by atoms with Gasteiger partial charge in [0.25, 0.3) is 0 Å². The van der Waals surface area contributed by atoms with Crippen molar-refractivity contribution in [3.63, 3.8) is 0 Å². The zero-order chi connectivity index (χ0) is 10.5. The van der Waals surface area contributed by atoms with Crippen molar-refractivity contribution >= 4 is 0 Å². The normalized spacial score (nSPS) is 9.69. The van der Waals surface area contributed by atoms with Crippen LogP contribution in [0.5, 0.6) is 0 Å². The Labute approximate surface area is 84.7 Å². The summed E-state index contributed by atoms with van der Waals surface area (Å²) in [5, 5.41) is 3.39. The first-order valence-electron chi connectivity index (χ1n) is 5.62. The molecule has 2 heteroatoms. The Morgan fingerprint density at radius 1 is 1.00 bits per heavy atom. The van der Waals surface area contributed by atoms with Crippen LogP contribution in [0.3, 0.4) is 0 Å². The van der Waals surface area contributed by atoms with E-state index in [1.807, 2.05) is 13.8 Å². The van der Waals surface area contributed by atoms with Gasteiger partial charge in [0.2, 0.25) is 0 Å². The molecule has 0 amide bonds. The van der Waals surface area contributed by atoms with Crippen molar-refractivity contribution in [2.24, 2.45) is 0 Å². The van der Waals surface area contributed by atoms with Gasteiger partial charge in [0, 0.05) is 0 Å². The van der Waals surface area contributed by atoms with Gasteiger partial charge in [0.1, 0.15) is 0 Å². The van der Waals surface area contributed by atoms with E-state index in [1.165, 1.54) is 38.9 Å². The highest BCUT2D eigenvalue weighted by atomic mass is 15.0. The van der Waals surface area contributed by atoms with Crippen molar-refractivity contribution in [2.75, 3.05) is 33.7 Å². The fourth-order valence-corrected chi connectivity index (χ4v) is 0.980. The van der Waals surface area contributed by atoms with E-state index in [2.05, 4.69) is 31.2 Å². The van der Waals surface area contributed by atoms with Crippen LogP contribution in [-0.2, 0) is 0 Å². The second-order valence-corrected chi connectivity index (χ2v) is 3.26. The number of unbranched alkanes of at least 4 members (excludes halogenated alkanes) is 1. The van der Waals surface area contributed by atoms with Gasteiger partial charge in [0.05, 0.1) is 0 Å². The third-order valence-electron chi connectivity index (χ3n) is 1.64. The van der Waals surface area contributed by atoms with E-state index in [1.54, 1.807) is 0 Å². The van der Waals surface area contributed by atoms with E-state index >= 15 is 0 Å². The zero-order valence-electron chi connectivity index (χ0n) is 10.2. The predicted molar refractivity (Wildman–Crippen MR) is 62.3 cm³/mol. The zero-order valence-corrected chi connectivity index (χ0v) is 10.2. The van der Waals surface area contributed by atoms with Crippen LogP contribution in [0.25, 0.3) is 0 Å². The minimum atomic E-state index is 1.17. The molecule has 0 unspecified atom stereocenters. The van der Waals surface area contributed by atoms with Crippen molar-refractivity contribution in [3.05, 3.63) is 0 Å². The van der Waals surface area contributed by atoms with E-state index in [4.69, 9.17) is 0 Å². The lowest BCUT2D eigenvalue weighted by Gasteiger charge is -2.08. The Morgan fingerprint density at radius 3 is 2.08 bits per heavy atom. The average molecular weight is 188 g/mol. The maximum Gasteiger partial charge on any atom is -0.00244 e. The maximum atomic E-state index is 3.39. The molecule has 0 saturated carbocycles. The van der Waals surface area contributed by atoms with Gasteiger partial charge in [-0.05, 0) is 53.0 Å². The average Bonchev–Trinajstić information content (AvgIpc) is 2.14. The van der Waals surface area contributed by atoms with E-state index in [0.717, 1.165) is 0 Å². The molecule has 0 aliphatic heterocycles. The monoisotopic (exact) mass is 188 g/mol. The van der Waals surface area contributed by atoms with Gasteiger partial charge in [-0.25, -0.2) is 0 Å². The second kappa shape index (κ2) is 14.4. The fourth-order valence-electron chi connectivity index (χ4n) is 0.980. The fraction of sp³-hybridized carbons (Fsp3) is 1.00. The number of hydrogen-bond acceptors (Lipinski definition) is 2. The van der Waals surface area contributed by atoms with Crippen LogP contribution in [0.15, 0.2) is 0 Å². The standard InChI is InChI=1S/C9H22N2.C2H6/c1-4-7-10-8-5-6-9-11(2)3;1-2/h10H,4-9H2,1-3H3;1-2H3. The van der Waals surface area contributed by atoms with E-state index < -0.39 is 0 Å². The molecule has 0 heterocycles. The summed E-state index contributed by atoms with van der Waals surface area (Å²) in [5.41, 5.74) is 0. The van der Waals surface area contributed by atoms with Crippen molar-refractivity contribution < 1.29 is 0 Å². The summed E-state index contributed by atoms with van der Waals surface area (Å²) in [6, 6.07) is 0. The summed E-state index contributed by atoms with van der Waals surface area (Å²) in [4.78, 5) is 2.24. The van der Waals surface area contributed by atoms with Gasteiger partial charge in [-0.15, -0.1) is 0 Å². The van der Waals surface area contributed by atoms with Crippen LogP contribution in [-0.4, -0.2) is 38.6 Å². The lowest BCUT2D eigenvalue weighted by atomic mass is 10.3. The Morgan fingerprint density at radius 2 is 1.62 bits per heavy atom. The topological polar surface area (TPSA) is 15.3 Å². The quantitative estimate of drug-likeness (QED) is 0.617. The largest absolute Gasteiger partial charge is 0.317 e. The van der Waals surface area contributed by atoms with Gasteiger partial charge in [-0.1, -0.05) is 20.8 Å². The molecule has 0 aromatic heterocycles. The van der Waals surface area contributed by atoms with Gasteiger partial charge < -0.3 is 10.2 Å². The SMILES string of the molecule is CC.CCCNCCCCN(C)C. The van der Waals surface area contributed by atoms with E-state index in [-0.39, 0.29) is 0 Å². The summed E-state index contributed by atoms with van der Waals surface area (Å²) in [6.07, 6.45) is 3.86. The molecular weight excluding hydrogens is 160 g/mol. The first-order chi connectivity index (χ1) is 6.27. The summed E-state index contributed by atoms with van der Waals surface area (Å²) in [6.45, 7) is 9.77. The van der Waals surface area contributed by atoms with Crippen molar-refractivity contribution in [1.82, 2.24) is 10.2 Å². The van der Waals surface area contributed by atoms with Crippen LogP contribution in [0.2, 0.25) is 0 Å². The number of nitrogens with one attached hydrogen (secondary N) is 1. The van der Waals surface area contributed by atoms with E-state index in [0.29, 0.717) is 0 Å². The second-order valence-electron chi connectivity index (χ2n) is 3.26. The Hall–Kier alpha value is -0.0800. The third kappa shape index (κ3) is 18.7. The predicted octanol–water partition coefficient (Wildman–Crippen LogP) is 2.35. The molecule has 0 radical (unpaired) electrons. The molecule has 2 nitrogen and oxygen atoms in total. The summed E-state index contributed by atoms with van der Waals surface area (Å²) >= 11 is 0. The van der Waals surface area contributed by atoms with Crippen LogP contribution in [0.4, 0.5) is 0 Å². The Kier molecular flexibility index (Phi) is 17.1. The Bertz CT molecular complexity index is 72.5. The highest BCUT2D eigenvalue weighted by molar-refractivity contribution is 4.49. The first-order valence-corrected chi connectivity index (χ1v) is 5.62. The van der Waals surface area contributed by atoms with Crippen molar-refractivity contribution in [2.45, 2.75) is 40.0 Å². The molecule has 0 aliphatic rings. The summed E-state index contributed by atoms with van der Waals surface area (Å²) in [7, 11) is 4.25. The van der Waals surface area contributed by atoms with Crippen LogP contribution in [0, 0.1) is 0 Å². The molecule has 1 N–H and O–H groups in total.